The van der Waals surface area contributed by atoms with Gasteiger partial charge in [-0.3, -0.25) is 4.98 Å². The molecular formula is C13H6F5NO2. The van der Waals surface area contributed by atoms with Crippen LogP contribution in [0.25, 0.3) is 11.3 Å². The van der Waals surface area contributed by atoms with Gasteiger partial charge >= 0.3 is 12.1 Å². The molecule has 3 nitrogen and oxygen atoms in total. The van der Waals surface area contributed by atoms with E-state index in [0.29, 0.717) is 18.3 Å². The van der Waals surface area contributed by atoms with Gasteiger partial charge in [0.05, 0.1) is 16.8 Å². The highest BCUT2D eigenvalue weighted by Crippen LogP contribution is 2.33. The van der Waals surface area contributed by atoms with Gasteiger partial charge in [-0.1, -0.05) is 0 Å². The molecule has 8 heteroatoms. The van der Waals surface area contributed by atoms with Crippen molar-refractivity contribution in [1.29, 1.82) is 0 Å². The van der Waals surface area contributed by atoms with Gasteiger partial charge in [0.25, 0.3) is 0 Å². The molecule has 1 aromatic carbocycles. The Kier molecular flexibility index (Phi) is 3.63. The first-order valence-electron chi connectivity index (χ1n) is 5.46. The zero-order valence-corrected chi connectivity index (χ0v) is 10.1. The van der Waals surface area contributed by atoms with Crippen LogP contribution in [0.2, 0.25) is 0 Å². The van der Waals surface area contributed by atoms with E-state index in [1.165, 1.54) is 0 Å². The molecule has 0 atom stereocenters. The summed E-state index contributed by atoms with van der Waals surface area (Å²) in [5.41, 5.74) is -3.14. The fraction of sp³-hybridized carbons (Fsp3) is 0.0769. The van der Waals surface area contributed by atoms with Crippen LogP contribution in [0.4, 0.5) is 22.0 Å². The molecule has 0 amide bonds. The Bertz CT molecular complexity index is 712. The summed E-state index contributed by atoms with van der Waals surface area (Å²) < 4.78 is 64.3. The van der Waals surface area contributed by atoms with Crippen molar-refractivity contribution >= 4 is 5.97 Å². The predicted molar refractivity (Wildman–Crippen MR) is 61.6 cm³/mol. The van der Waals surface area contributed by atoms with Crippen molar-refractivity contribution in [2.75, 3.05) is 0 Å². The number of alkyl halides is 3. The zero-order chi connectivity index (χ0) is 15.8. The Morgan fingerprint density at radius 3 is 2.33 bits per heavy atom. The van der Waals surface area contributed by atoms with Crippen LogP contribution in [0.5, 0.6) is 0 Å². The fourth-order valence-electron chi connectivity index (χ4n) is 1.70. The number of hydrogen-bond donors (Lipinski definition) is 1. The molecule has 0 spiro atoms. The number of aromatic carboxylic acids is 1. The first-order valence-corrected chi connectivity index (χ1v) is 5.46. The maximum atomic E-state index is 13.6. The second-order valence-corrected chi connectivity index (χ2v) is 4.04. The molecule has 0 radical (unpaired) electrons. The molecule has 0 unspecified atom stereocenters. The second-order valence-electron chi connectivity index (χ2n) is 4.04. The van der Waals surface area contributed by atoms with E-state index in [9.17, 15) is 26.7 Å². The van der Waals surface area contributed by atoms with Crippen LogP contribution in [0, 0.1) is 11.6 Å². The molecule has 2 rings (SSSR count). The minimum Gasteiger partial charge on any atom is -0.478 e. The number of halogens is 5. The van der Waals surface area contributed by atoms with Gasteiger partial charge in [-0.15, -0.1) is 0 Å². The summed E-state index contributed by atoms with van der Waals surface area (Å²) in [6.45, 7) is 0. The summed E-state index contributed by atoms with van der Waals surface area (Å²) in [5.74, 6) is -3.76. The van der Waals surface area contributed by atoms with Crippen molar-refractivity contribution in [3.8, 4) is 11.3 Å². The molecule has 0 aliphatic heterocycles. The van der Waals surface area contributed by atoms with Crippen molar-refractivity contribution in [2.45, 2.75) is 6.18 Å². The minimum absolute atomic E-state index is 0.298. The number of carbonyl (C=O) groups is 1. The molecule has 0 saturated heterocycles. The van der Waals surface area contributed by atoms with Crippen molar-refractivity contribution in [3.63, 3.8) is 0 Å². The molecule has 1 aromatic heterocycles. The standard InChI is InChI=1S/C13H6F5NO2/c14-6-1-2-7(10(15)3-6)11-4-8(12(20)21)9(5-19-11)13(16,17)18/h1-5H,(H,20,21). The molecule has 110 valence electrons. The molecule has 0 saturated carbocycles. The van der Waals surface area contributed by atoms with Crippen molar-refractivity contribution in [3.05, 3.63) is 53.2 Å². The molecule has 21 heavy (non-hydrogen) atoms. The highest BCUT2D eigenvalue weighted by molar-refractivity contribution is 5.90. The first kappa shape index (κ1) is 14.9. The quantitative estimate of drug-likeness (QED) is 0.860. The Morgan fingerprint density at radius 1 is 1.14 bits per heavy atom. The number of rotatable bonds is 2. The van der Waals surface area contributed by atoms with E-state index in [0.717, 1.165) is 12.1 Å². The van der Waals surface area contributed by atoms with Gasteiger partial charge in [0, 0.05) is 17.8 Å². The summed E-state index contributed by atoms with van der Waals surface area (Å²) in [4.78, 5) is 14.3. The van der Waals surface area contributed by atoms with Crippen molar-refractivity contribution in [1.82, 2.24) is 4.98 Å². The third-order valence-corrected chi connectivity index (χ3v) is 2.65. The van der Waals surface area contributed by atoms with E-state index in [-0.39, 0.29) is 11.3 Å². The SMILES string of the molecule is O=C(O)c1cc(-c2ccc(F)cc2F)ncc1C(F)(F)F. The number of carboxylic acids is 1. The normalized spacial score (nSPS) is 11.5. The summed E-state index contributed by atoms with van der Waals surface area (Å²) in [6.07, 6.45) is -4.60. The summed E-state index contributed by atoms with van der Waals surface area (Å²) >= 11 is 0. The number of nitrogens with zero attached hydrogens (tertiary/aromatic N) is 1. The van der Waals surface area contributed by atoms with Gasteiger partial charge in [-0.05, 0) is 18.2 Å². The van der Waals surface area contributed by atoms with Crippen molar-refractivity contribution in [2.24, 2.45) is 0 Å². The van der Waals surface area contributed by atoms with Crippen LogP contribution in [0.15, 0.2) is 30.5 Å². The monoisotopic (exact) mass is 303 g/mol. The number of carboxylic acid groups (broad SMARTS) is 1. The van der Waals surface area contributed by atoms with Crippen LogP contribution >= 0.6 is 0 Å². The number of hydrogen-bond acceptors (Lipinski definition) is 2. The third-order valence-electron chi connectivity index (χ3n) is 2.65. The van der Waals surface area contributed by atoms with Gasteiger partial charge < -0.3 is 5.11 Å². The zero-order valence-electron chi connectivity index (χ0n) is 10.1. The highest BCUT2D eigenvalue weighted by Gasteiger charge is 2.36. The van der Waals surface area contributed by atoms with Gasteiger partial charge in [-0.2, -0.15) is 13.2 Å². The van der Waals surface area contributed by atoms with Gasteiger partial charge in [0.1, 0.15) is 11.6 Å². The second kappa shape index (κ2) is 5.12. The van der Waals surface area contributed by atoms with E-state index in [1.807, 2.05) is 0 Å². The molecular weight excluding hydrogens is 297 g/mol. The summed E-state index contributed by atoms with van der Waals surface area (Å²) in [7, 11) is 0. The highest BCUT2D eigenvalue weighted by atomic mass is 19.4. The topological polar surface area (TPSA) is 50.2 Å². The Balaban J connectivity index is 2.62. The van der Waals surface area contributed by atoms with E-state index < -0.39 is 34.9 Å². The lowest BCUT2D eigenvalue weighted by atomic mass is 10.0. The lowest BCUT2D eigenvalue weighted by molar-refractivity contribution is -0.138. The van der Waals surface area contributed by atoms with Crippen LogP contribution in [-0.2, 0) is 6.18 Å². The minimum atomic E-state index is -4.90. The summed E-state index contributed by atoms with van der Waals surface area (Å²) in [6, 6.07) is 2.97. The molecule has 0 aliphatic rings. The van der Waals surface area contributed by atoms with E-state index >= 15 is 0 Å². The average molecular weight is 303 g/mol. The first-order chi connectivity index (χ1) is 9.70. The molecule has 1 heterocycles. The van der Waals surface area contributed by atoms with Crippen LogP contribution in [0.1, 0.15) is 15.9 Å². The lowest BCUT2D eigenvalue weighted by Crippen LogP contribution is -2.14. The Labute approximate surface area is 114 Å². The van der Waals surface area contributed by atoms with Crippen molar-refractivity contribution < 1.29 is 31.9 Å². The van der Waals surface area contributed by atoms with Crippen LogP contribution in [-0.4, -0.2) is 16.1 Å². The number of aromatic nitrogens is 1. The number of benzene rings is 1. The molecule has 1 N–H and O–H groups in total. The Hall–Kier alpha value is -2.51. The van der Waals surface area contributed by atoms with Gasteiger partial charge in [0.15, 0.2) is 0 Å². The van der Waals surface area contributed by atoms with Crippen LogP contribution in [0.3, 0.4) is 0 Å². The smallest absolute Gasteiger partial charge is 0.418 e. The van der Waals surface area contributed by atoms with E-state index in [1.54, 1.807) is 0 Å². The van der Waals surface area contributed by atoms with Gasteiger partial charge in [-0.25, -0.2) is 13.6 Å². The number of pyridine rings is 1. The lowest BCUT2D eigenvalue weighted by Gasteiger charge is -2.11. The van der Waals surface area contributed by atoms with E-state index in [4.69, 9.17) is 5.11 Å². The average Bonchev–Trinajstić information content (AvgIpc) is 2.37. The molecule has 2 aromatic rings. The predicted octanol–water partition coefficient (Wildman–Crippen LogP) is 3.74. The fourth-order valence-corrected chi connectivity index (χ4v) is 1.70. The maximum absolute atomic E-state index is 13.6. The third kappa shape index (κ3) is 2.99. The largest absolute Gasteiger partial charge is 0.478 e. The molecule has 0 fully saturated rings. The molecule has 0 bridgehead atoms. The van der Waals surface area contributed by atoms with E-state index in [2.05, 4.69) is 4.98 Å². The van der Waals surface area contributed by atoms with Crippen LogP contribution < -0.4 is 0 Å². The Morgan fingerprint density at radius 2 is 1.81 bits per heavy atom. The maximum Gasteiger partial charge on any atom is 0.418 e. The summed E-state index contributed by atoms with van der Waals surface area (Å²) in [5, 5.41) is 8.83. The van der Waals surface area contributed by atoms with Gasteiger partial charge in [0.2, 0.25) is 0 Å². The molecule has 0 aliphatic carbocycles.